The predicted molar refractivity (Wildman–Crippen MR) is 314 cm³/mol. The Bertz CT molecular complexity index is 2020. The van der Waals surface area contributed by atoms with E-state index in [0.717, 1.165) is 170 Å². The fraction of sp³-hybridized carbons (Fsp3) is 0.727. The van der Waals surface area contributed by atoms with Gasteiger partial charge in [0.2, 0.25) is 0 Å². The smallest absolute Gasteiger partial charge is 0.872 e. The molecule has 0 unspecified atom stereocenters. The van der Waals surface area contributed by atoms with Crippen molar-refractivity contribution >= 4 is 0 Å². The molecule has 3 saturated heterocycles. The van der Waals surface area contributed by atoms with Crippen molar-refractivity contribution in [2.24, 2.45) is 0 Å². The number of quaternary nitrogens is 2. The summed E-state index contributed by atoms with van der Waals surface area (Å²) >= 11 is 0. The van der Waals surface area contributed by atoms with E-state index in [1.54, 1.807) is 9.80 Å². The SMILES string of the molecule is CCC(C)(C)c1cc(CN2CCN(C)CC2)c([O-])c(C(C)(C)CC)c1.CCC(C)(C)c1cc(C[NH+]2CCN(C)CC2)c([O-])c(C(C)(C)CC)c1.CCC(C)(C)c1cc(C[NH+]2CCN(C)CC2)c([O-])c(C(C)(C)CC)c1.[Li+].[Li+].[Li+]. The summed E-state index contributed by atoms with van der Waals surface area (Å²) < 4.78 is 0. The fourth-order valence-corrected chi connectivity index (χ4v) is 10.3. The van der Waals surface area contributed by atoms with Crippen molar-refractivity contribution in [1.82, 2.24) is 19.6 Å². The molecule has 0 saturated carbocycles. The molecule has 0 aliphatic carbocycles. The molecule has 3 aliphatic heterocycles. The Morgan fingerprint density at radius 1 is 0.359 bits per heavy atom. The number of rotatable bonds is 18. The number of benzene rings is 3. The maximum Gasteiger partial charge on any atom is 1.00 e. The second-order valence-electron chi connectivity index (χ2n) is 27.5. The zero-order valence-electron chi connectivity index (χ0n) is 55.3. The number of nitrogens with one attached hydrogen (secondary N) is 2. The summed E-state index contributed by atoms with van der Waals surface area (Å²) in [5.41, 5.74) is 10.1. The number of hydrogen-bond donors (Lipinski definition) is 2. The van der Waals surface area contributed by atoms with Gasteiger partial charge in [-0.2, -0.15) is 0 Å². The van der Waals surface area contributed by atoms with Crippen molar-refractivity contribution in [3.05, 3.63) is 86.5 Å². The van der Waals surface area contributed by atoms with E-state index in [4.69, 9.17) is 0 Å². The van der Waals surface area contributed by atoms with Crippen molar-refractivity contribution in [3.8, 4) is 17.2 Å². The van der Waals surface area contributed by atoms with Crippen LogP contribution in [0.3, 0.4) is 0 Å². The van der Waals surface area contributed by atoms with Gasteiger partial charge >= 0.3 is 56.6 Å². The molecule has 3 aliphatic rings. The second-order valence-corrected chi connectivity index (χ2v) is 27.5. The van der Waals surface area contributed by atoms with Crippen molar-refractivity contribution in [3.63, 3.8) is 0 Å². The summed E-state index contributed by atoms with van der Waals surface area (Å²) in [7, 11) is 6.53. The summed E-state index contributed by atoms with van der Waals surface area (Å²) in [5.74, 6) is 0.837. The van der Waals surface area contributed by atoms with E-state index >= 15 is 0 Å². The maximum absolute atomic E-state index is 13.3. The second kappa shape index (κ2) is 31.5. The van der Waals surface area contributed by atoms with Gasteiger partial charge in [-0.25, -0.2) is 0 Å². The zero-order valence-corrected chi connectivity index (χ0v) is 55.3. The van der Waals surface area contributed by atoms with Crippen LogP contribution in [-0.4, -0.2) is 119 Å². The van der Waals surface area contributed by atoms with Gasteiger partial charge in [0.15, 0.2) is 0 Å². The normalized spacial score (nSPS) is 17.2. The molecule has 0 amide bonds. The molecule has 426 valence electrons. The Kier molecular flexibility index (Phi) is 30.1. The van der Waals surface area contributed by atoms with Crippen molar-refractivity contribution in [2.75, 3.05) is 99.7 Å². The van der Waals surface area contributed by atoms with E-state index in [0.29, 0.717) is 0 Å². The van der Waals surface area contributed by atoms with Crippen LogP contribution < -0.4 is 81.7 Å². The summed E-state index contributed by atoms with van der Waals surface area (Å²) in [6.45, 7) is 56.0. The molecule has 0 atom stereocenters. The fourth-order valence-electron chi connectivity index (χ4n) is 10.3. The maximum atomic E-state index is 13.3. The van der Waals surface area contributed by atoms with Crippen LogP contribution in [0, 0.1) is 0 Å². The van der Waals surface area contributed by atoms with Crippen LogP contribution in [0.2, 0.25) is 0 Å². The van der Waals surface area contributed by atoms with E-state index in [-0.39, 0.29) is 106 Å². The molecule has 6 rings (SSSR count). The Labute approximate surface area is 516 Å². The van der Waals surface area contributed by atoms with E-state index in [1.165, 1.54) is 16.7 Å². The molecule has 0 aromatic heterocycles. The third kappa shape index (κ3) is 19.9. The third-order valence-electron chi connectivity index (χ3n) is 19.6. The molecular weight excluding hydrogens is 946 g/mol. The van der Waals surface area contributed by atoms with E-state index in [2.05, 4.69) is 202 Å². The average molecular weight is 1060 g/mol. The van der Waals surface area contributed by atoms with Gasteiger partial charge in [-0.3, -0.25) is 14.7 Å². The summed E-state index contributed by atoms with van der Waals surface area (Å²) in [6, 6.07) is 13.2. The molecule has 3 heterocycles. The first-order valence-electron chi connectivity index (χ1n) is 29.8. The van der Waals surface area contributed by atoms with Gasteiger partial charge in [0.1, 0.15) is 13.1 Å². The third-order valence-corrected chi connectivity index (χ3v) is 19.6. The minimum atomic E-state index is -0.0756. The largest absolute Gasteiger partial charge is 1.00 e. The molecule has 3 aromatic rings. The van der Waals surface area contributed by atoms with Crippen LogP contribution in [0.5, 0.6) is 17.2 Å². The van der Waals surface area contributed by atoms with Crippen molar-refractivity contribution in [1.29, 1.82) is 0 Å². The van der Waals surface area contributed by atoms with Gasteiger partial charge in [-0.05, 0) is 142 Å². The molecule has 0 bridgehead atoms. The van der Waals surface area contributed by atoms with Gasteiger partial charge in [0, 0.05) is 58.9 Å². The van der Waals surface area contributed by atoms with Crippen LogP contribution in [0.15, 0.2) is 36.4 Å². The van der Waals surface area contributed by atoms with Crippen LogP contribution in [0.4, 0.5) is 0 Å². The summed E-state index contributed by atoms with van der Waals surface area (Å²) in [5, 5.41) is 39.8. The van der Waals surface area contributed by atoms with E-state index < -0.39 is 0 Å². The Morgan fingerprint density at radius 3 is 0.872 bits per heavy atom. The van der Waals surface area contributed by atoms with Crippen LogP contribution >= 0.6 is 0 Å². The molecule has 0 spiro atoms. The average Bonchev–Trinajstić information content (AvgIpc) is 3.37. The molecule has 3 aromatic carbocycles. The summed E-state index contributed by atoms with van der Waals surface area (Å²) in [4.78, 5) is 12.6. The number of likely N-dealkylation sites (N-methyl/N-ethyl adjacent to an activating group) is 3. The first-order valence-corrected chi connectivity index (χ1v) is 29.8. The van der Waals surface area contributed by atoms with Crippen molar-refractivity contribution in [2.45, 2.75) is 215 Å². The van der Waals surface area contributed by atoms with E-state index in [1.807, 2.05) is 0 Å². The van der Waals surface area contributed by atoms with Crippen LogP contribution in [0.1, 0.15) is 213 Å². The molecule has 0 radical (unpaired) electrons. The topological polar surface area (TPSA) is 91.0 Å². The van der Waals surface area contributed by atoms with E-state index in [9.17, 15) is 15.3 Å². The van der Waals surface area contributed by atoms with Crippen LogP contribution in [-0.2, 0) is 52.1 Å². The van der Waals surface area contributed by atoms with Gasteiger partial charge in [-0.15, -0.1) is 5.75 Å². The summed E-state index contributed by atoms with van der Waals surface area (Å²) in [6.07, 6.45) is 6.19. The Hall–Kier alpha value is -1.39. The zero-order chi connectivity index (χ0) is 56.5. The quantitative estimate of drug-likeness (QED) is 0.171. The molecule has 2 N–H and O–H groups in total. The number of nitrogens with zero attached hydrogens (tertiary/aromatic N) is 4. The minimum Gasteiger partial charge on any atom is -0.872 e. The molecule has 78 heavy (non-hydrogen) atoms. The molecule has 12 heteroatoms. The predicted octanol–water partition coefficient (Wildman–Crippen LogP) is -0.174. The number of hydrogen-bond acceptors (Lipinski definition) is 7. The molecule has 3 fully saturated rings. The minimum absolute atomic E-state index is 0. The van der Waals surface area contributed by atoms with Crippen molar-refractivity contribution < 1.29 is 81.7 Å². The van der Waals surface area contributed by atoms with Crippen LogP contribution in [0.25, 0.3) is 0 Å². The van der Waals surface area contributed by atoms with Gasteiger partial charge in [0.25, 0.3) is 0 Å². The molecule has 9 nitrogen and oxygen atoms in total. The standard InChI is InChI=1S/3C22H38N2O.3Li/c3*1-8-21(3,4)18-14-17(16-24-12-10-23(7)11-13-24)20(25)19(15-18)22(5,6)9-2;;;/h3*14-15,25H,8-13,16H2,1-7H3;;;/q;;;3*+1/p-1. The van der Waals surface area contributed by atoms with Gasteiger partial charge in [0.05, 0.1) is 26.2 Å². The van der Waals surface area contributed by atoms with Gasteiger partial charge < -0.3 is 30.0 Å². The monoisotopic (exact) mass is 1060 g/mol. The Morgan fingerprint density at radius 2 is 0.603 bits per heavy atom. The van der Waals surface area contributed by atoms with Gasteiger partial charge in [-0.1, -0.05) is 173 Å². The number of piperazine rings is 3. The first-order chi connectivity index (χ1) is 34.8. The Balaban J connectivity index is 0.000000574. The first kappa shape index (κ1) is 74.6. The molecular formula is C66H113Li3N6O3+2.